The lowest BCUT2D eigenvalue weighted by atomic mass is 10.0. The molecule has 0 spiro atoms. The summed E-state index contributed by atoms with van der Waals surface area (Å²) in [6.07, 6.45) is 0.107. The number of benzene rings is 1. The Balaban J connectivity index is 1.88. The number of aryl methyl sites for hydroxylation is 1. The zero-order chi connectivity index (χ0) is 15.4. The highest BCUT2D eigenvalue weighted by atomic mass is 19.1. The van der Waals surface area contributed by atoms with Crippen molar-refractivity contribution >= 4 is 5.91 Å². The van der Waals surface area contributed by atoms with Gasteiger partial charge in [0.2, 0.25) is 5.91 Å². The Bertz CT molecular complexity index is 640. The largest absolute Gasteiger partial charge is 0.361 e. The highest BCUT2D eigenvalue weighted by Crippen LogP contribution is 2.19. The molecule has 0 saturated heterocycles. The Morgan fingerprint density at radius 3 is 2.76 bits per heavy atom. The molecule has 1 aromatic heterocycles. The highest BCUT2D eigenvalue weighted by Gasteiger charge is 2.14. The summed E-state index contributed by atoms with van der Waals surface area (Å²) in [5.41, 5.74) is 0.916. The molecular weight excluding hydrogens is 278 g/mol. The van der Waals surface area contributed by atoms with E-state index in [-0.39, 0.29) is 24.8 Å². The normalized spacial score (nSPS) is 12.2. The molecule has 1 amide bonds. The lowest BCUT2D eigenvalue weighted by Crippen LogP contribution is -2.29. The zero-order valence-corrected chi connectivity index (χ0v) is 11.8. The number of halogens is 2. The number of carbonyl (C=O) groups is 1. The van der Waals surface area contributed by atoms with Crippen molar-refractivity contribution in [1.82, 2.24) is 10.5 Å². The fraction of sp³-hybridized carbons (Fsp3) is 0.333. The average molecular weight is 294 g/mol. The minimum atomic E-state index is -0.617. The van der Waals surface area contributed by atoms with Crippen LogP contribution in [0.15, 0.2) is 28.8 Å². The maximum absolute atomic E-state index is 13.6. The first-order chi connectivity index (χ1) is 9.95. The molecule has 4 nitrogen and oxygen atoms in total. The van der Waals surface area contributed by atoms with E-state index in [1.54, 1.807) is 19.9 Å². The minimum absolute atomic E-state index is 0.107. The summed E-state index contributed by atoms with van der Waals surface area (Å²) < 4.78 is 31.3. The molecule has 0 radical (unpaired) electrons. The van der Waals surface area contributed by atoms with Gasteiger partial charge in [0.15, 0.2) is 0 Å². The molecule has 0 aliphatic heterocycles. The van der Waals surface area contributed by atoms with Crippen molar-refractivity contribution in [3.8, 4) is 0 Å². The van der Waals surface area contributed by atoms with Crippen LogP contribution in [0.5, 0.6) is 0 Å². The molecule has 0 aliphatic carbocycles. The summed E-state index contributed by atoms with van der Waals surface area (Å²) in [7, 11) is 0. The number of rotatable bonds is 5. The van der Waals surface area contributed by atoms with Crippen LogP contribution in [0.25, 0.3) is 0 Å². The van der Waals surface area contributed by atoms with E-state index in [0.29, 0.717) is 17.0 Å². The molecule has 0 aliphatic rings. The van der Waals surface area contributed by atoms with E-state index in [4.69, 9.17) is 4.52 Å². The molecule has 0 fully saturated rings. The fourth-order valence-electron chi connectivity index (χ4n) is 2.01. The van der Waals surface area contributed by atoms with Gasteiger partial charge < -0.3 is 9.84 Å². The van der Waals surface area contributed by atoms with Crippen molar-refractivity contribution in [1.29, 1.82) is 0 Å². The van der Waals surface area contributed by atoms with Crippen LogP contribution in [-0.2, 0) is 11.2 Å². The molecule has 112 valence electrons. The Kier molecular flexibility index (Phi) is 4.67. The Morgan fingerprint density at radius 2 is 2.14 bits per heavy atom. The van der Waals surface area contributed by atoms with Crippen molar-refractivity contribution < 1.29 is 18.1 Å². The van der Waals surface area contributed by atoms with Gasteiger partial charge in [-0.05, 0) is 18.6 Å². The molecule has 0 saturated carbocycles. The van der Waals surface area contributed by atoms with Gasteiger partial charge in [0.25, 0.3) is 0 Å². The lowest BCUT2D eigenvalue weighted by molar-refractivity contribution is -0.120. The number of hydrogen-bond donors (Lipinski definition) is 1. The number of hydrogen-bond acceptors (Lipinski definition) is 3. The molecule has 1 heterocycles. The van der Waals surface area contributed by atoms with Gasteiger partial charge in [0.05, 0.1) is 12.1 Å². The third kappa shape index (κ3) is 4.11. The van der Waals surface area contributed by atoms with Gasteiger partial charge in [-0.25, -0.2) is 8.78 Å². The van der Waals surface area contributed by atoms with E-state index < -0.39 is 11.6 Å². The van der Waals surface area contributed by atoms with Crippen molar-refractivity contribution in [2.75, 3.05) is 6.54 Å². The number of aromatic nitrogens is 1. The summed E-state index contributed by atoms with van der Waals surface area (Å²) in [5.74, 6) is -1.07. The van der Waals surface area contributed by atoms with Gasteiger partial charge in [0, 0.05) is 24.6 Å². The second-order valence-electron chi connectivity index (χ2n) is 4.98. The molecular formula is C15H16F2N2O2. The van der Waals surface area contributed by atoms with Crippen LogP contribution >= 0.6 is 0 Å². The first-order valence-electron chi connectivity index (χ1n) is 6.59. The van der Waals surface area contributed by atoms with Crippen LogP contribution in [0.1, 0.15) is 29.9 Å². The molecule has 1 N–H and O–H groups in total. The molecule has 21 heavy (non-hydrogen) atoms. The van der Waals surface area contributed by atoms with Crippen molar-refractivity contribution in [3.63, 3.8) is 0 Å². The van der Waals surface area contributed by atoms with Crippen molar-refractivity contribution in [2.45, 2.75) is 26.2 Å². The first-order valence-corrected chi connectivity index (χ1v) is 6.59. The van der Waals surface area contributed by atoms with Crippen LogP contribution in [-0.4, -0.2) is 17.6 Å². The molecule has 2 aromatic rings. The zero-order valence-electron chi connectivity index (χ0n) is 11.8. The van der Waals surface area contributed by atoms with Crippen LogP contribution < -0.4 is 5.32 Å². The average Bonchev–Trinajstić information content (AvgIpc) is 2.81. The Morgan fingerprint density at radius 1 is 1.38 bits per heavy atom. The number of nitrogens with zero attached hydrogens (tertiary/aromatic N) is 1. The minimum Gasteiger partial charge on any atom is -0.361 e. The van der Waals surface area contributed by atoms with Gasteiger partial charge in [-0.3, -0.25) is 4.79 Å². The molecule has 2 rings (SSSR count). The van der Waals surface area contributed by atoms with E-state index in [1.165, 1.54) is 12.1 Å². The summed E-state index contributed by atoms with van der Waals surface area (Å²) in [6, 6.07) is 5.12. The summed E-state index contributed by atoms with van der Waals surface area (Å²) >= 11 is 0. The third-order valence-corrected chi connectivity index (χ3v) is 3.12. The SMILES string of the molecule is Cc1cc(CC(=O)NC[C@H](C)c2ccc(F)cc2F)no1. The van der Waals surface area contributed by atoms with E-state index >= 15 is 0 Å². The maximum Gasteiger partial charge on any atom is 0.226 e. The number of amides is 1. The highest BCUT2D eigenvalue weighted by molar-refractivity contribution is 5.78. The second-order valence-corrected chi connectivity index (χ2v) is 4.98. The summed E-state index contributed by atoms with van der Waals surface area (Å²) in [4.78, 5) is 11.7. The van der Waals surface area contributed by atoms with E-state index in [2.05, 4.69) is 10.5 Å². The lowest BCUT2D eigenvalue weighted by Gasteiger charge is -2.13. The third-order valence-electron chi connectivity index (χ3n) is 3.12. The monoisotopic (exact) mass is 294 g/mol. The van der Waals surface area contributed by atoms with Crippen LogP contribution in [0.3, 0.4) is 0 Å². The second kappa shape index (κ2) is 6.47. The first kappa shape index (κ1) is 15.2. The smallest absolute Gasteiger partial charge is 0.226 e. The fourth-order valence-corrected chi connectivity index (χ4v) is 2.01. The quantitative estimate of drug-likeness (QED) is 0.922. The Hall–Kier alpha value is -2.24. The standard InChI is InChI=1S/C15H16F2N2O2/c1-9(13-4-3-11(16)6-14(13)17)8-18-15(20)7-12-5-10(2)21-19-12/h3-6,9H,7-8H2,1-2H3,(H,18,20)/t9-/m0/s1. The van der Waals surface area contributed by atoms with Crippen molar-refractivity contribution in [2.24, 2.45) is 0 Å². The summed E-state index contributed by atoms with van der Waals surface area (Å²) in [5, 5.41) is 6.43. The number of carbonyl (C=O) groups excluding carboxylic acids is 1. The van der Waals surface area contributed by atoms with Gasteiger partial charge in [0.1, 0.15) is 17.4 Å². The molecule has 1 atom stereocenters. The number of nitrogens with one attached hydrogen (secondary N) is 1. The molecule has 0 bridgehead atoms. The maximum atomic E-state index is 13.6. The van der Waals surface area contributed by atoms with Crippen LogP contribution in [0, 0.1) is 18.6 Å². The van der Waals surface area contributed by atoms with Gasteiger partial charge >= 0.3 is 0 Å². The molecule has 6 heteroatoms. The predicted molar refractivity (Wildman–Crippen MR) is 72.7 cm³/mol. The molecule has 1 aromatic carbocycles. The van der Waals surface area contributed by atoms with Gasteiger partial charge in [-0.15, -0.1) is 0 Å². The predicted octanol–water partition coefficient (Wildman–Crippen LogP) is 2.72. The van der Waals surface area contributed by atoms with Crippen LogP contribution in [0.4, 0.5) is 8.78 Å². The van der Waals surface area contributed by atoms with Crippen molar-refractivity contribution in [3.05, 3.63) is 52.9 Å². The van der Waals surface area contributed by atoms with E-state index in [0.717, 1.165) is 6.07 Å². The van der Waals surface area contributed by atoms with E-state index in [9.17, 15) is 13.6 Å². The van der Waals surface area contributed by atoms with Gasteiger partial charge in [-0.1, -0.05) is 18.1 Å². The van der Waals surface area contributed by atoms with Crippen LogP contribution in [0.2, 0.25) is 0 Å². The molecule has 0 unspecified atom stereocenters. The Labute approximate surface area is 121 Å². The summed E-state index contributed by atoms with van der Waals surface area (Å²) in [6.45, 7) is 3.77. The van der Waals surface area contributed by atoms with E-state index in [1.807, 2.05) is 0 Å². The topological polar surface area (TPSA) is 55.1 Å². The van der Waals surface area contributed by atoms with Gasteiger partial charge in [-0.2, -0.15) is 0 Å².